The molecule has 1 saturated heterocycles. The lowest BCUT2D eigenvalue weighted by molar-refractivity contribution is 0.384. The van der Waals surface area contributed by atoms with Crippen LogP contribution in [0.1, 0.15) is 33.6 Å². The van der Waals surface area contributed by atoms with Gasteiger partial charge in [-0.25, -0.2) is 0 Å². The van der Waals surface area contributed by atoms with Gasteiger partial charge in [0.1, 0.15) is 0 Å². The number of hydrogen-bond donors (Lipinski definition) is 0. The third-order valence-electron chi connectivity index (χ3n) is 2.30. The third-order valence-corrected chi connectivity index (χ3v) is 2.30. The van der Waals surface area contributed by atoms with Crippen molar-refractivity contribution in [3.8, 4) is 0 Å². The second-order valence-corrected chi connectivity index (χ2v) is 3.13. The molecule has 1 heteroatoms. The van der Waals surface area contributed by atoms with Crippen molar-refractivity contribution in [2.75, 3.05) is 13.6 Å². The molecule has 1 heterocycles. The molecule has 80 valence electrons. The Morgan fingerprint density at radius 3 is 2.50 bits per heavy atom. The van der Waals surface area contributed by atoms with Crippen molar-refractivity contribution >= 4 is 0 Å². The maximum absolute atomic E-state index is 3.73. The summed E-state index contributed by atoms with van der Waals surface area (Å²) in [6.45, 7) is 11.0. The van der Waals surface area contributed by atoms with Gasteiger partial charge in [-0.1, -0.05) is 32.6 Å². The number of likely N-dealkylation sites (tertiary alicyclic amines) is 1. The van der Waals surface area contributed by atoms with Gasteiger partial charge in [-0.15, -0.1) is 0 Å². The first-order valence-corrected chi connectivity index (χ1v) is 5.49. The number of allylic oxidation sites excluding steroid dienone is 4. The first-order valence-electron chi connectivity index (χ1n) is 5.49. The zero-order valence-electron chi connectivity index (χ0n) is 10.0. The predicted octanol–water partition coefficient (Wildman–Crippen LogP) is 3.75. The Balaban J connectivity index is 0.000000791. The summed E-state index contributed by atoms with van der Waals surface area (Å²) in [4.78, 5) is 2.29. The normalized spacial score (nSPS) is 21.9. The molecule has 0 saturated carbocycles. The smallest absolute Gasteiger partial charge is 0.0392 e. The van der Waals surface area contributed by atoms with E-state index in [-0.39, 0.29) is 0 Å². The van der Waals surface area contributed by atoms with Crippen molar-refractivity contribution in [2.45, 2.75) is 33.6 Å². The number of likely N-dealkylation sites (N-methyl/N-ethyl adjacent to an activating group) is 1. The number of rotatable bonds is 1. The van der Waals surface area contributed by atoms with Gasteiger partial charge >= 0.3 is 0 Å². The molecule has 14 heavy (non-hydrogen) atoms. The van der Waals surface area contributed by atoms with E-state index in [1.54, 1.807) is 0 Å². The van der Waals surface area contributed by atoms with E-state index in [1.165, 1.54) is 24.1 Å². The average Bonchev–Trinajstić information content (AvgIpc) is 2.24. The summed E-state index contributed by atoms with van der Waals surface area (Å²) in [6.07, 6.45) is 8.63. The Morgan fingerprint density at radius 1 is 1.36 bits per heavy atom. The van der Waals surface area contributed by atoms with E-state index in [0.717, 1.165) is 6.54 Å². The van der Waals surface area contributed by atoms with E-state index in [9.17, 15) is 0 Å². The minimum atomic E-state index is 1.16. The second kappa shape index (κ2) is 7.43. The van der Waals surface area contributed by atoms with Crippen molar-refractivity contribution in [1.82, 2.24) is 4.90 Å². The largest absolute Gasteiger partial charge is 0.374 e. The summed E-state index contributed by atoms with van der Waals surface area (Å²) >= 11 is 0. The molecular weight excluding hydrogens is 170 g/mol. The Bertz CT molecular complexity index is 223. The van der Waals surface area contributed by atoms with Crippen LogP contribution in [-0.4, -0.2) is 18.5 Å². The summed E-state index contributed by atoms with van der Waals surface area (Å²) < 4.78 is 0. The van der Waals surface area contributed by atoms with E-state index in [1.807, 2.05) is 19.9 Å². The molecule has 0 N–H and O–H groups in total. The van der Waals surface area contributed by atoms with Gasteiger partial charge < -0.3 is 4.90 Å². The van der Waals surface area contributed by atoms with Crippen molar-refractivity contribution < 1.29 is 0 Å². The van der Waals surface area contributed by atoms with Gasteiger partial charge in [0.15, 0.2) is 0 Å². The highest BCUT2D eigenvalue weighted by Crippen LogP contribution is 2.24. The van der Waals surface area contributed by atoms with Crippen LogP contribution in [0.4, 0.5) is 0 Å². The SMILES string of the molecule is C=C/C=C1\C(=C/C)CCCN1C.CC. The lowest BCUT2D eigenvalue weighted by atomic mass is 10.0. The van der Waals surface area contributed by atoms with Crippen LogP contribution in [-0.2, 0) is 0 Å². The van der Waals surface area contributed by atoms with E-state index >= 15 is 0 Å². The molecule has 0 aromatic carbocycles. The molecule has 1 aliphatic heterocycles. The molecule has 0 aromatic rings. The topological polar surface area (TPSA) is 3.24 Å². The van der Waals surface area contributed by atoms with E-state index < -0.39 is 0 Å². The number of hydrogen-bond acceptors (Lipinski definition) is 1. The molecule has 1 fully saturated rings. The van der Waals surface area contributed by atoms with E-state index in [4.69, 9.17) is 0 Å². The lowest BCUT2D eigenvalue weighted by Crippen LogP contribution is -2.24. The van der Waals surface area contributed by atoms with Gasteiger partial charge in [-0.2, -0.15) is 0 Å². The highest BCUT2D eigenvalue weighted by Gasteiger charge is 2.13. The molecule has 0 spiro atoms. The van der Waals surface area contributed by atoms with Gasteiger partial charge in [-0.3, -0.25) is 0 Å². The monoisotopic (exact) mass is 193 g/mol. The Kier molecular flexibility index (Phi) is 6.91. The number of piperidine rings is 1. The quantitative estimate of drug-likeness (QED) is 0.613. The van der Waals surface area contributed by atoms with Gasteiger partial charge in [0.2, 0.25) is 0 Å². The zero-order valence-corrected chi connectivity index (χ0v) is 10.0. The van der Waals surface area contributed by atoms with Gasteiger partial charge in [0.25, 0.3) is 0 Å². The van der Waals surface area contributed by atoms with Crippen molar-refractivity contribution in [1.29, 1.82) is 0 Å². The number of nitrogens with zero attached hydrogens (tertiary/aromatic N) is 1. The fourth-order valence-corrected chi connectivity index (χ4v) is 1.64. The average molecular weight is 193 g/mol. The minimum absolute atomic E-state index is 1.16. The molecule has 1 aliphatic rings. The van der Waals surface area contributed by atoms with Crippen LogP contribution in [0.5, 0.6) is 0 Å². The van der Waals surface area contributed by atoms with Crippen LogP contribution >= 0.6 is 0 Å². The fraction of sp³-hybridized carbons (Fsp3) is 0.538. The second-order valence-electron chi connectivity index (χ2n) is 3.13. The molecule has 0 amide bonds. The van der Waals surface area contributed by atoms with Crippen LogP contribution in [0.15, 0.2) is 36.1 Å². The summed E-state index contributed by atoms with van der Waals surface area (Å²) in [5.74, 6) is 0. The summed E-state index contributed by atoms with van der Waals surface area (Å²) in [6, 6.07) is 0. The van der Waals surface area contributed by atoms with Crippen LogP contribution in [0.3, 0.4) is 0 Å². The first-order chi connectivity index (χ1) is 6.79. The molecule has 1 nitrogen and oxygen atoms in total. The highest BCUT2D eigenvalue weighted by molar-refractivity contribution is 5.33. The first kappa shape index (κ1) is 13.0. The predicted molar refractivity (Wildman–Crippen MR) is 65.2 cm³/mol. The van der Waals surface area contributed by atoms with Crippen LogP contribution < -0.4 is 0 Å². The molecule has 1 rings (SSSR count). The van der Waals surface area contributed by atoms with Crippen LogP contribution in [0, 0.1) is 0 Å². The Labute approximate surface area is 88.8 Å². The van der Waals surface area contributed by atoms with E-state index in [0.29, 0.717) is 0 Å². The summed E-state index contributed by atoms with van der Waals surface area (Å²) in [7, 11) is 2.14. The molecular formula is C13H23N. The van der Waals surface area contributed by atoms with Gasteiger partial charge in [0.05, 0.1) is 0 Å². The maximum atomic E-state index is 3.73. The molecule has 0 unspecified atom stereocenters. The van der Waals surface area contributed by atoms with Crippen molar-refractivity contribution in [3.05, 3.63) is 36.1 Å². The minimum Gasteiger partial charge on any atom is -0.374 e. The lowest BCUT2D eigenvalue weighted by Gasteiger charge is -2.29. The Hall–Kier alpha value is -0.980. The van der Waals surface area contributed by atoms with Crippen molar-refractivity contribution in [3.63, 3.8) is 0 Å². The highest BCUT2D eigenvalue weighted by atomic mass is 15.1. The third kappa shape index (κ3) is 3.41. The van der Waals surface area contributed by atoms with Crippen molar-refractivity contribution in [2.24, 2.45) is 0 Å². The zero-order chi connectivity index (χ0) is 11.0. The van der Waals surface area contributed by atoms with Crippen LogP contribution in [0.2, 0.25) is 0 Å². The standard InChI is InChI=1S/C11H17N.C2H6/c1-4-7-11-10(5-2)8-6-9-12(11)3;1-2/h4-5,7H,1,6,8-9H2,2-3H3;1-2H3/b10-5-,11-7+;. The van der Waals surface area contributed by atoms with Gasteiger partial charge in [0, 0.05) is 19.3 Å². The molecule has 0 bridgehead atoms. The molecule has 0 aliphatic carbocycles. The molecule has 0 aromatic heterocycles. The Morgan fingerprint density at radius 2 is 2.00 bits per heavy atom. The van der Waals surface area contributed by atoms with Crippen LogP contribution in [0.25, 0.3) is 0 Å². The summed E-state index contributed by atoms with van der Waals surface area (Å²) in [5, 5.41) is 0. The van der Waals surface area contributed by atoms with Gasteiger partial charge in [-0.05, 0) is 31.4 Å². The van der Waals surface area contributed by atoms with E-state index in [2.05, 4.69) is 37.6 Å². The summed E-state index contributed by atoms with van der Waals surface area (Å²) in [5.41, 5.74) is 2.78. The fourth-order valence-electron chi connectivity index (χ4n) is 1.64. The molecule has 0 radical (unpaired) electrons. The molecule has 0 atom stereocenters. The maximum Gasteiger partial charge on any atom is 0.0392 e.